The average Bonchev–Trinajstić information content (AvgIpc) is 3.10. The first-order chi connectivity index (χ1) is 10.2. The van der Waals surface area contributed by atoms with Gasteiger partial charge in [0.2, 0.25) is 5.78 Å². The Labute approximate surface area is 126 Å². The summed E-state index contributed by atoms with van der Waals surface area (Å²) < 4.78 is 0. The summed E-state index contributed by atoms with van der Waals surface area (Å²) in [6.45, 7) is 2.00. The van der Waals surface area contributed by atoms with Crippen molar-refractivity contribution in [3.8, 4) is 6.07 Å². The van der Waals surface area contributed by atoms with Crippen LogP contribution in [-0.4, -0.2) is 10.8 Å². The Kier molecular flexibility index (Phi) is 3.43. The van der Waals surface area contributed by atoms with E-state index in [1.54, 1.807) is 23.6 Å². The van der Waals surface area contributed by atoms with Crippen molar-refractivity contribution in [2.24, 2.45) is 0 Å². The smallest absolute Gasteiger partial charge is 0.205 e. The number of aromatic nitrogens is 1. The van der Waals surface area contributed by atoms with Crippen molar-refractivity contribution in [2.45, 2.75) is 6.92 Å². The van der Waals surface area contributed by atoms with Gasteiger partial charge in [-0.05, 0) is 31.2 Å². The number of H-pyrrole nitrogens is 1. The van der Waals surface area contributed by atoms with Crippen LogP contribution in [0.5, 0.6) is 0 Å². The Morgan fingerprint density at radius 3 is 2.81 bits per heavy atom. The fourth-order valence-electron chi connectivity index (χ4n) is 2.23. The predicted molar refractivity (Wildman–Crippen MR) is 85.3 cm³/mol. The zero-order valence-corrected chi connectivity index (χ0v) is 12.2. The number of carbonyl (C=O) groups is 1. The molecule has 0 aliphatic heterocycles. The fourth-order valence-corrected chi connectivity index (χ4v) is 3.05. The molecule has 0 fully saturated rings. The monoisotopic (exact) mass is 292 g/mol. The number of hydrogen-bond acceptors (Lipinski definition) is 3. The van der Waals surface area contributed by atoms with E-state index in [4.69, 9.17) is 0 Å². The highest BCUT2D eigenvalue weighted by Gasteiger charge is 2.16. The predicted octanol–water partition coefficient (Wildman–Crippen LogP) is 4.33. The topological polar surface area (TPSA) is 56.6 Å². The van der Waals surface area contributed by atoms with E-state index in [9.17, 15) is 10.1 Å². The molecule has 0 unspecified atom stereocenters. The molecule has 21 heavy (non-hydrogen) atoms. The number of allylic oxidation sites excluding steroid dienone is 1. The van der Waals surface area contributed by atoms with Gasteiger partial charge in [-0.2, -0.15) is 5.26 Å². The molecule has 3 nitrogen and oxygen atoms in total. The molecule has 0 radical (unpaired) electrons. The summed E-state index contributed by atoms with van der Waals surface area (Å²) in [5.74, 6) is -0.249. The molecule has 0 saturated heterocycles. The fraction of sp³-hybridized carbons (Fsp3) is 0.0588. The van der Waals surface area contributed by atoms with E-state index >= 15 is 0 Å². The molecule has 1 aromatic carbocycles. The minimum atomic E-state index is -0.249. The maximum Gasteiger partial charge on any atom is 0.205 e. The number of Topliss-reactive ketones (excluding diaryl/α,β-unsaturated/α-hetero) is 1. The maximum atomic E-state index is 12.6. The molecule has 0 bridgehead atoms. The Morgan fingerprint density at radius 1 is 1.29 bits per heavy atom. The van der Waals surface area contributed by atoms with Crippen molar-refractivity contribution in [1.29, 1.82) is 5.26 Å². The van der Waals surface area contributed by atoms with Gasteiger partial charge >= 0.3 is 0 Å². The van der Waals surface area contributed by atoms with Gasteiger partial charge in [-0.3, -0.25) is 4.79 Å². The minimum absolute atomic E-state index is 0.154. The van der Waals surface area contributed by atoms with E-state index in [0.717, 1.165) is 20.7 Å². The van der Waals surface area contributed by atoms with Crippen LogP contribution in [0.2, 0.25) is 0 Å². The number of nitriles is 1. The van der Waals surface area contributed by atoms with Crippen LogP contribution in [0.25, 0.3) is 17.0 Å². The van der Waals surface area contributed by atoms with Gasteiger partial charge in [0, 0.05) is 32.4 Å². The second kappa shape index (κ2) is 5.39. The number of nitrogens with zero attached hydrogens (tertiary/aromatic N) is 1. The summed E-state index contributed by atoms with van der Waals surface area (Å²) in [4.78, 5) is 17.7. The number of thiophene rings is 1. The van der Waals surface area contributed by atoms with E-state index in [1.165, 1.54) is 0 Å². The van der Waals surface area contributed by atoms with Crippen molar-refractivity contribution in [1.82, 2.24) is 4.98 Å². The largest absolute Gasteiger partial charge is 0.360 e. The lowest BCUT2D eigenvalue weighted by Gasteiger charge is -1.97. The summed E-state index contributed by atoms with van der Waals surface area (Å²) in [7, 11) is 0. The quantitative estimate of drug-likeness (QED) is 0.444. The number of nitrogens with one attached hydrogen (secondary N) is 1. The number of rotatable bonds is 3. The summed E-state index contributed by atoms with van der Waals surface area (Å²) in [5, 5.41) is 10.1. The van der Waals surface area contributed by atoms with Crippen LogP contribution in [0.3, 0.4) is 0 Å². The first-order valence-corrected chi connectivity index (χ1v) is 7.30. The van der Waals surface area contributed by atoms with Crippen LogP contribution in [0.1, 0.15) is 20.1 Å². The standard InChI is InChI=1S/C17H12N2OS/c1-11-6-7-13(21-11)8-12(9-18)17(20)15-10-19-16-5-3-2-4-14(15)16/h2-8,10,19H,1H3/b12-8+. The van der Waals surface area contributed by atoms with Crippen LogP contribution in [0.4, 0.5) is 0 Å². The highest BCUT2D eigenvalue weighted by atomic mass is 32.1. The summed E-state index contributed by atoms with van der Waals surface area (Å²) in [5.41, 5.74) is 1.58. The van der Waals surface area contributed by atoms with Gasteiger partial charge in [-0.15, -0.1) is 11.3 Å². The molecule has 0 atom stereocenters. The number of aryl methyl sites for hydroxylation is 1. The van der Waals surface area contributed by atoms with Crippen LogP contribution in [0, 0.1) is 18.3 Å². The Balaban J connectivity index is 2.04. The van der Waals surface area contributed by atoms with Gasteiger partial charge in [-0.1, -0.05) is 18.2 Å². The number of fused-ring (bicyclic) bond motifs is 1. The molecule has 4 heteroatoms. The summed E-state index contributed by atoms with van der Waals surface area (Å²) in [6, 6.07) is 13.5. The van der Waals surface area contributed by atoms with Crippen LogP contribution >= 0.6 is 11.3 Å². The van der Waals surface area contributed by atoms with Gasteiger partial charge in [0.25, 0.3) is 0 Å². The SMILES string of the molecule is Cc1ccc(/C=C(\C#N)C(=O)c2c[nH]c3ccccc23)s1. The van der Waals surface area contributed by atoms with Crippen LogP contribution < -0.4 is 0 Å². The first-order valence-electron chi connectivity index (χ1n) is 6.48. The van der Waals surface area contributed by atoms with Gasteiger partial charge in [0.05, 0.1) is 0 Å². The lowest BCUT2D eigenvalue weighted by Crippen LogP contribution is -2.00. The molecular weight excluding hydrogens is 280 g/mol. The molecule has 0 aliphatic rings. The molecule has 0 spiro atoms. The highest BCUT2D eigenvalue weighted by Crippen LogP contribution is 2.23. The van der Waals surface area contributed by atoms with E-state index < -0.39 is 0 Å². The van der Waals surface area contributed by atoms with Crippen molar-refractivity contribution >= 4 is 34.1 Å². The van der Waals surface area contributed by atoms with Crippen molar-refractivity contribution < 1.29 is 4.79 Å². The third-order valence-corrected chi connectivity index (χ3v) is 4.19. The molecule has 2 aromatic heterocycles. The average molecular weight is 292 g/mol. The van der Waals surface area contributed by atoms with Crippen LogP contribution in [-0.2, 0) is 0 Å². The Hall–Kier alpha value is -2.64. The number of carbonyl (C=O) groups excluding carboxylic acids is 1. The molecule has 3 rings (SSSR count). The number of aromatic amines is 1. The minimum Gasteiger partial charge on any atom is -0.360 e. The molecule has 1 N–H and O–H groups in total. The summed E-state index contributed by atoms with van der Waals surface area (Å²) in [6.07, 6.45) is 3.32. The van der Waals surface area contributed by atoms with Gasteiger partial charge < -0.3 is 4.98 Å². The van der Waals surface area contributed by atoms with Crippen molar-refractivity contribution in [3.63, 3.8) is 0 Å². The van der Waals surface area contributed by atoms with E-state index in [-0.39, 0.29) is 11.4 Å². The third-order valence-electron chi connectivity index (χ3n) is 3.25. The molecule has 3 aromatic rings. The van der Waals surface area contributed by atoms with Crippen LogP contribution in [0.15, 0.2) is 48.2 Å². The normalized spacial score (nSPS) is 11.5. The van der Waals surface area contributed by atoms with Crippen molar-refractivity contribution in [2.75, 3.05) is 0 Å². The van der Waals surface area contributed by atoms with Gasteiger partial charge in [-0.25, -0.2) is 0 Å². The molecule has 102 valence electrons. The number of hydrogen-bond donors (Lipinski definition) is 1. The third kappa shape index (κ3) is 2.51. The molecule has 0 saturated carbocycles. The Morgan fingerprint density at radius 2 is 2.10 bits per heavy atom. The van der Waals surface area contributed by atoms with E-state index in [0.29, 0.717) is 5.56 Å². The van der Waals surface area contributed by atoms with E-state index in [2.05, 4.69) is 4.98 Å². The summed E-state index contributed by atoms with van der Waals surface area (Å²) >= 11 is 1.56. The number of benzene rings is 1. The lowest BCUT2D eigenvalue weighted by molar-refractivity contribution is 0.104. The highest BCUT2D eigenvalue weighted by molar-refractivity contribution is 7.12. The lowest BCUT2D eigenvalue weighted by atomic mass is 10.0. The second-order valence-corrected chi connectivity index (χ2v) is 6.01. The zero-order chi connectivity index (χ0) is 14.8. The molecule has 0 amide bonds. The van der Waals surface area contributed by atoms with Gasteiger partial charge in [0.15, 0.2) is 0 Å². The first kappa shape index (κ1) is 13.3. The molecule has 2 heterocycles. The second-order valence-electron chi connectivity index (χ2n) is 4.70. The van der Waals surface area contributed by atoms with E-state index in [1.807, 2.05) is 49.4 Å². The maximum absolute atomic E-state index is 12.6. The molecule has 0 aliphatic carbocycles. The Bertz CT molecular complexity index is 893. The van der Waals surface area contributed by atoms with Gasteiger partial charge in [0.1, 0.15) is 11.6 Å². The number of ketones is 1. The van der Waals surface area contributed by atoms with Crippen molar-refractivity contribution in [3.05, 3.63) is 63.5 Å². The molecular formula is C17H12N2OS. The number of para-hydroxylation sites is 1. The zero-order valence-electron chi connectivity index (χ0n) is 11.4.